The van der Waals surface area contributed by atoms with Gasteiger partial charge in [0.1, 0.15) is 0 Å². The molecular formula is C8H10ClNO3. The zero-order chi connectivity index (χ0) is 8.97. The highest BCUT2D eigenvalue weighted by atomic mass is 35.5. The third kappa shape index (κ3) is 4.35. The molecule has 1 aromatic rings. The van der Waals surface area contributed by atoms with Crippen LogP contribution in [0.15, 0.2) is 24.3 Å². The maximum absolute atomic E-state index is 10.3. The van der Waals surface area contributed by atoms with E-state index in [1.54, 1.807) is 24.3 Å². The summed E-state index contributed by atoms with van der Waals surface area (Å²) in [6.07, 6.45) is 0. The largest absolute Gasteiger partial charge is 0.352 e. The molecule has 0 aliphatic heterocycles. The van der Waals surface area contributed by atoms with Crippen molar-refractivity contribution in [2.75, 3.05) is 0 Å². The van der Waals surface area contributed by atoms with E-state index in [0.717, 1.165) is 0 Å². The SMILES string of the molecule is CC(=O)OOc1ccc(Cl)cc1.N. The smallest absolute Gasteiger partial charge is 0.344 e. The molecule has 0 heterocycles. The van der Waals surface area contributed by atoms with E-state index in [4.69, 9.17) is 11.6 Å². The number of halogens is 1. The lowest BCUT2D eigenvalue weighted by atomic mass is 10.3. The molecule has 3 N–H and O–H groups in total. The van der Waals surface area contributed by atoms with Crippen molar-refractivity contribution < 1.29 is 14.6 Å². The standard InChI is InChI=1S/C8H7ClO3.H3N/c1-6(10)11-12-8-4-2-7(9)3-5-8;/h2-5H,1H3;1H3. The molecule has 0 unspecified atom stereocenters. The molecular weight excluding hydrogens is 194 g/mol. The maximum Gasteiger partial charge on any atom is 0.352 e. The maximum atomic E-state index is 10.3. The highest BCUT2D eigenvalue weighted by Gasteiger charge is 1.96. The molecule has 0 atom stereocenters. The van der Waals surface area contributed by atoms with Gasteiger partial charge in [0.25, 0.3) is 0 Å². The zero-order valence-electron chi connectivity index (χ0n) is 7.12. The Balaban J connectivity index is 0.00000144. The van der Waals surface area contributed by atoms with Gasteiger partial charge in [0, 0.05) is 11.9 Å². The van der Waals surface area contributed by atoms with E-state index in [9.17, 15) is 4.79 Å². The van der Waals surface area contributed by atoms with Crippen LogP contribution < -0.4 is 11.0 Å². The van der Waals surface area contributed by atoms with Gasteiger partial charge < -0.3 is 6.15 Å². The Bertz CT molecular complexity index is 273. The first kappa shape index (κ1) is 11.7. The van der Waals surface area contributed by atoms with Gasteiger partial charge in [-0.25, -0.2) is 4.79 Å². The van der Waals surface area contributed by atoms with Crippen molar-refractivity contribution in [3.05, 3.63) is 29.3 Å². The molecule has 0 amide bonds. The molecule has 0 saturated carbocycles. The Morgan fingerprint density at radius 3 is 2.31 bits per heavy atom. The third-order valence-electron chi connectivity index (χ3n) is 1.07. The molecule has 1 rings (SSSR count). The summed E-state index contributed by atoms with van der Waals surface area (Å²) in [4.78, 5) is 19.2. The van der Waals surface area contributed by atoms with Gasteiger partial charge in [-0.05, 0) is 24.3 Å². The van der Waals surface area contributed by atoms with E-state index in [1.807, 2.05) is 0 Å². The van der Waals surface area contributed by atoms with Crippen LogP contribution in [0.25, 0.3) is 0 Å². The molecule has 0 fully saturated rings. The molecule has 72 valence electrons. The lowest BCUT2D eigenvalue weighted by molar-refractivity contribution is -0.210. The van der Waals surface area contributed by atoms with Gasteiger partial charge in [0.05, 0.1) is 0 Å². The Kier molecular flexibility index (Phi) is 4.87. The van der Waals surface area contributed by atoms with E-state index in [2.05, 4.69) is 9.78 Å². The molecule has 0 aliphatic carbocycles. The Morgan fingerprint density at radius 2 is 1.85 bits per heavy atom. The van der Waals surface area contributed by atoms with Gasteiger partial charge in [0.2, 0.25) is 0 Å². The van der Waals surface area contributed by atoms with Crippen molar-refractivity contribution in [3.63, 3.8) is 0 Å². The van der Waals surface area contributed by atoms with Crippen LogP contribution in [0.5, 0.6) is 5.75 Å². The Morgan fingerprint density at radius 1 is 1.31 bits per heavy atom. The minimum absolute atomic E-state index is 0. The number of hydrogen-bond donors (Lipinski definition) is 1. The van der Waals surface area contributed by atoms with Gasteiger partial charge in [0.15, 0.2) is 5.75 Å². The van der Waals surface area contributed by atoms with E-state index < -0.39 is 5.97 Å². The molecule has 4 nitrogen and oxygen atoms in total. The summed E-state index contributed by atoms with van der Waals surface area (Å²) in [5, 5.41) is 0.602. The Hall–Kier alpha value is -1.26. The van der Waals surface area contributed by atoms with E-state index >= 15 is 0 Å². The van der Waals surface area contributed by atoms with E-state index in [-0.39, 0.29) is 6.15 Å². The number of hydrogen-bond acceptors (Lipinski definition) is 4. The van der Waals surface area contributed by atoms with Crippen molar-refractivity contribution >= 4 is 17.6 Å². The third-order valence-corrected chi connectivity index (χ3v) is 1.32. The average Bonchev–Trinajstić information content (AvgIpc) is 2.03. The topological polar surface area (TPSA) is 70.5 Å². The van der Waals surface area contributed by atoms with Crippen LogP contribution in [0.2, 0.25) is 5.02 Å². The van der Waals surface area contributed by atoms with Crippen LogP contribution >= 0.6 is 11.6 Å². The quantitative estimate of drug-likeness (QED) is 0.592. The second-order valence-electron chi connectivity index (χ2n) is 2.11. The number of carbonyl (C=O) groups excluding carboxylic acids is 1. The van der Waals surface area contributed by atoms with E-state index in [1.165, 1.54) is 6.92 Å². The van der Waals surface area contributed by atoms with Gasteiger partial charge >= 0.3 is 5.97 Å². The summed E-state index contributed by atoms with van der Waals surface area (Å²) < 4.78 is 0. The molecule has 5 heteroatoms. The highest BCUT2D eigenvalue weighted by Crippen LogP contribution is 2.15. The van der Waals surface area contributed by atoms with Crippen molar-refractivity contribution in [1.29, 1.82) is 0 Å². The molecule has 0 bridgehead atoms. The summed E-state index contributed by atoms with van der Waals surface area (Å²) in [5.74, 6) is -0.0560. The minimum atomic E-state index is -0.495. The summed E-state index contributed by atoms with van der Waals surface area (Å²) in [6.45, 7) is 1.26. The fourth-order valence-electron chi connectivity index (χ4n) is 0.597. The van der Waals surface area contributed by atoms with Crippen molar-refractivity contribution in [2.45, 2.75) is 6.92 Å². The molecule has 0 saturated heterocycles. The van der Waals surface area contributed by atoms with Crippen LogP contribution in [0, 0.1) is 0 Å². The van der Waals surface area contributed by atoms with Crippen molar-refractivity contribution in [3.8, 4) is 5.75 Å². The minimum Gasteiger partial charge on any atom is -0.344 e. The fourth-order valence-corrected chi connectivity index (χ4v) is 0.723. The van der Waals surface area contributed by atoms with Crippen LogP contribution in [-0.4, -0.2) is 5.97 Å². The zero-order valence-corrected chi connectivity index (χ0v) is 7.88. The molecule has 0 aliphatic rings. The van der Waals surface area contributed by atoms with Gasteiger partial charge in [-0.1, -0.05) is 11.6 Å². The molecule has 0 spiro atoms. The second-order valence-corrected chi connectivity index (χ2v) is 2.55. The summed E-state index contributed by atoms with van der Waals surface area (Å²) in [5.41, 5.74) is 0. The Labute approximate surface area is 80.9 Å². The van der Waals surface area contributed by atoms with Crippen LogP contribution in [0.4, 0.5) is 0 Å². The molecule has 0 radical (unpaired) electrons. The average molecular weight is 204 g/mol. The number of carbonyl (C=O) groups is 1. The number of benzene rings is 1. The predicted octanol–water partition coefficient (Wildman–Crippen LogP) is 2.36. The van der Waals surface area contributed by atoms with E-state index in [0.29, 0.717) is 10.8 Å². The van der Waals surface area contributed by atoms with Crippen LogP contribution in [-0.2, 0) is 9.68 Å². The normalized spacial score (nSPS) is 8.46. The van der Waals surface area contributed by atoms with Crippen LogP contribution in [0.1, 0.15) is 6.92 Å². The van der Waals surface area contributed by atoms with Crippen LogP contribution in [0.3, 0.4) is 0 Å². The fraction of sp³-hybridized carbons (Fsp3) is 0.125. The second kappa shape index (κ2) is 5.40. The first-order chi connectivity index (χ1) is 5.68. The number of rotatable bonds is 2. The highest BCUT2D eigenvalue weighted by molar-refractivity contribution is 6.30. The lowest BCUT2D eigenvalue weighted by Crippen LogP contribution is -2.02. The summed E-state index contributed by atoms with van der Waals surface area (Å²) in [6, 6.07) is 6.48. The summed E-state index contributed by atoms with van der Waals surface area (Å²) >= 11 is 5.61. The molecule has 0 aromatic heterocycles. The van der Waals surface area contributed by atoms with Gasteiger partial charge in [-0.3, -0.25) is 9.78 Å². The molecule has 1 aromatic carbocycles. The van der Waals surface area contributed by atoms with Crippen molar-refractivity contribution in [2.24, 2.45) is 0 Å². The predicted molar refractivity (Wildman–Crippen MR) is 48.9 cm³/mol. The first-order valence-corrected chi connectivity index (χ1v) is 3.67. The van der Waals surface area contributed by atoms with Gasteiger partial charge in [-0.2, -0.15) is 0 Å². The van der Waals surface area contributed by atoms with Crippen molar-refractivity contribution in [1.82, 2.24) is 6.15 Å². The summed E-state index contributed by atoms with van der Waals surface area (Å²) in [7, 11) is 0. The monoisotopic (exact) mass is 203 g/mol. The lowest BCUT2D eigenvalue weighted by Gasteiger charge is -2.00. The van der Waals surface area contributed by atoms with Gasteiger partial charge in [-0.15, -0.1) is 0 Å². The molecule has 13 heavy (non-hydrogen) atoms. The first-order valence-electron chi connectivity index (χ1n) is 3.29.